The number of nitrogens with zero attached hydrogens (tertiary/aromatic N) is 1. The number of anilines is 1. The zero-order valence-corrected chi connectivity index (χ0v) is 19.2. The van der Waals surface area contributed by atoms with Crippen molar-refractivity contribution in [3.63, 3.8) is 0 Å². The van der Waals surface area contributed by atoms with Gasteiger partial charge in [-0.3, -0.25) is 19.7 Å². The third-order valence-corrected chi connectivity index (χ3v) is 7.81. The molecular formula is C25H32F2N4O3. The molecule has 1 aromatic carbocycles. The van der Waals surface area contributed by atoms with Gasteiger partial charge >= 0.3 is 0 Å². The predicted octanol–water partition coefficient (Wildman–Crippen LogP) is 3.34. The second kappa shape index (κ2) is 9.24. The van der Waals surface area contributed by atoms with E-state index in [2.05, 4.69) is 16.0 Å². The average Bonchev–Trinajstić information content (AvgIpc) is 3.12. The fourth-order valence-corrected chi connectivity index (χ4v) is 5.89. The summed E-state index contributed by atoms with van der Waals surface area (Å²) >= 11 is 0. The Bertz CT molecular complexity index is 975. The minimum atomic E-state index is -2.52. The minimum Gasteiger partial charge on any atom is -0.381 e. The van der Waals surface area contributed by atoms with Crippen LogP contribution in [0, 0.1) is 0 Å². The number of benzene rings is 1. The van der Waals surface area contributed by atoms with Gasteiger partial charge < -0.3 is 15.5 Å². The summed E-state index contributed by atoms with van der Waals surface area (Å²) in [6.45, 7) is 0.346. The summed E-state index contributed by atoms with van der Waals surface area (Å²) in [7, 11) is 0. The van der Waals surface area contributed by atoms with E-state index in [0.29, 0.717) is 31.4 Å². The van der Waals surface area contributed by atoms with Gasteiger partial charge in [0.05, 0.1) is 0 Å². The number of imide groups is 1. The van der Waals surface area contributed by atoms with E-state index >= 15 is 0 Å². The van der Waals surface area contributed by atoms with Crippen LogP contribution in [0.4, 0.5) is 14.5 Å². The third-order valence-electron chi connectivity index (χ3n) is 7.81. The lowest BCUT2D eigenvalue weighted by Gasteiger charge is -2.38. The van der Waals surface area contributed by atoms with Gasteiger partial charge in [0.2, 0.25) is 17.7 Å². The number of alkyl halides is 2. The van der Waals surface area contributed by atoms with Crippen LogP contribution in [-0.4, -0.2) is 52.7 Å². The summed E-state index contributed by atoms with van der Waals surface area (Å²) in [5.41, 5.74) is 2.39. The molecule has 4 aliphatic rings. The second-order valence-corrected chi connectivity index (χ2v) is 10.2. The van der Waals surface area contributed by atoms with E-state index < -0.39 is 17.9 Å². The third kappa shape index (κ3) is 4.80. The Hall–Kier alpha value is -2.55. The van der Waals surface area contributed by atoms with Crippen molar-refractivity contribution >= 4 is 23.4 Å². The molecule has 1 aromatic rings. The Morgan fingerprint density at radius 3 is 2.44 bits per heavy atom. The van der Waals surface area contributed by atoms with Gasteiger partial charge in [-0.15, -0.1) is 0 Å². The summed E-state index contributed by atoms with van der Waals surface area (Å²) < 4.78 is 27.1. The molecule has 2 heterocycles. The van der Waals surface area contributed by atoms with Crippen molar-refractivity contribution in [1.82, 2.24) is 15.5 Å². The first-order valence-electron chi connectivity index (χ1n) is 12.5. The van der Waals surface area contributed by atoms with Crippen LogP contribution in [0.2, 0.25) is 0 Å². The highest BCUT2D eigenvalue weighted by Gasteiger charge is 2.40. The van der Waals surface area contributed by atoms with Crippen LogP contribution in [0.5, 0.6) is 0 Å². The number of hydrogen-bond acceptors (Lipinski definition) is 5. The quantitative estimate of drug-likeness (QED) is 0.570. The Morgan fingerprint density at radius 1 is 0.971 bits per heavy atom. The number of hydrogen-bond donors (Lipinski definition) is 3. The molecule has 2 saturated carbocycles. The topological polar surface area (TPSA) is 90.5 Å². The molecule has 3 amide bonds. The monoisotopic (exact) mass is 474 g/mol. The molecule has 0 aromatic heterocycles. The fourth-order valence-electron chi connectivity index (χ4n) is 5.89. The lowest BCUT2D eigenvalue weighted by molar-refractivity contribution is -0.136. The molecule has 5 rings (SSSR count). The molecular weight excluding hydrogens is 442 g/mol. The fraction of sp³-hybridized carbons (Fsp3) is 0.640. The number of piperidine rings is 1. The van der Waals surface area contributed by atoms with Gasteiger partial charge in [0.25, 0.3) is 5.91 Å². The van der Waals surface area contributed by atoms with Crippen LogP contribution in [0.3, 0.4) is 0 Å². The first-order valence-corrected chi connectivity index (χ1v) is 12.5. The molecule has 2 aliphatic heterocycles. The van der Waals surface area contributed by atoms with E-state index in [1.54, 1.807) is 11.0 Å². The average molecular weight is 475 g/mol. The number of carbonyl (C=O) groups is 3. The molecule has 7 nitrogen and oxygen atoms in total. The largest absolute Gasteiger partial charge is 0.381 e. The van der Waals surface area contributed by atoms with E-state index in [1.807, 2.05) is 12.1 Å². The molecule has 0 radical (unpaired) electrons. The first kappa shape index (κ1) is 23.2. The minimum absolute atomic E-state index is 0.0436. The van der Waals surface area contributed by atoms with Crippen molar-refractivity contribution in [2.75, 3.05) is 5.32 Å². The second-order valence-electron chi connectivity index (χ2n) is 10.2. The van der Waals surface area contributed by atoms with Crippen molar-refractivity contribution in [2.24, 2.45) is 0 Å². The van der Waals surface area contributed by atoms with Gasteiger partial charge in [-0.05, 0) is 55.9 Å². The number of carbonyl (C=O) groups excluding carboxylic acids is 3. The van der Waals surface area contributed by atoms with Gasteiger partial charge in [-0.2, -0.15) is 0 Å². The lowest BCUT2D eigenvalue weighted by Crippen LogP contribution is -2.52. The summed E-state index contributed by atoms with van der Waals surface area (Å²) in [6.07, 6.45) is 5.76. The van der Waals surface area contributed by atoms with Crippen LogP contribution in [0.15, 0.2) is 18.2 Å². The molecule has 0 spiro atoms. The number of fused-ring (bicyclic) bond motifs is 1. The van der Waals surface area contributed by atoms with Crippen LogP contribution in [0.1, 0.15) is 80.1 Å². The Balaban J connectivity index is 1.24. The van der Waals surface area contributed by atoms with E-state index in [9.17, 15) is 23.2 Å². The highest BCUT2D eigenvalue weighted by Crippen LogP contribution is 2.35. The van der Waals surface area contributed by atoms with Gasteiger partial charge in [0.15, 0.2) is 0 Å². The van der Waals surface area contributed by atoms with Gasteiger partial charge in [-0.25, -0.2) is 8.78 Å². The highest BCUT2D eigenvalue weighted by atomic mass is 19.3. The molecule has 1 saturated heterocycles. The standard InChI is InChI=1S/C25H32F2N4O3/c26-25(27)11-9-16(10-12-25)28-19-3-1-2-4-20(19)29-17-5-6-18-15(13-17)14-31(24(18)34)21-7-8-22(32)30-23(21)33/h5-6,13,16,19-21,28-29H,1-4,7-12,14H2,(H,30,32,33). The number of halogens is 2. The van der Waals surface area contributed by atoms with Crippen LogP contribution in [0.25, 0.3) is 0 Å². The highest BCUT2D eigenvalue weighted by molar-refractivity contribution is 6.05. The van der Waals surface area contributed by atoms with Gasteiger partial charge in [0.1, 0.15) is 6.04 Å². The molecule has 9 heteroatoms. The van der Waals surface area contributed by atoms with Crippen molar-refractivity contribution < 1.29 is 23.2 Å². The van der Waals surface area contributed by atoms with Crippen LogP contribution >= 0.6 is 0 Å². The molecule has 3 fully saturated rings. The van der Waals surface area contributed by atoms with Crippen molar-refractivity contribution in [3.8, 4) is 0 Å². The lowest BCUT2D eigenvalue weighted by atomic mass is 9.86. The van der Waals surface area contributed by atoms with Gasteiger partial charge in [-0.1, -0.05) is 12.8 Å². The van der Waals surface area contributed by atoms with Crippen LogP contribution in [-0.2, 0) is 16.1 Å². The van der Waals surface area contributed by atoms with Gasteiger partial charge in [0, 0.05) is 55.2 Å². The van der Waals surface area contributed by atoms with Crippen molar-refractivity contribution in [3.05, 3.63) is 29.3 Å². The molecule has 3 atom stereocenters. The summed E-state index contributed by atoms with van der Waals surface area (Å²) in [6, 6.07) is 5.61. The zero-order valence-electron chi connectivity index (χ0n) is 19.2. The Morgan fingerprint density at radius 2 is 1.71 bits per heavy atom. The molecule has 184 valence electrons. The Kier molecular flexibility index (Phi) is 6.31. The van der Waals surface area contributed by atoms with E-state index in [4.69, 9.17) is 0 Å². The van der Waals surface area contributed by atoms with Crippen LogP contribution < -0.4 is 16.0 Å². The number of amides is 3. The van der Waals surface area contributed by atoms with E-state index in [0.717, 1.165) is 36.9 Å². The van der Waals surface area contributed by atoms with E-state index in [-0.39, 0.29) is 49.2 Å². The molecule has 3 N–H and O–H groups in total. The van der Waals surface area contributed by atoms with Crippen molar-refractivity contribution in [1.29, 1.82) is 0 Å². The Labute approximate surface area is 198 Å². The molecule has 34 heavy (non-hydrogen) atoms. The number of nitrogens with one attached hydrogen (secondary N) is 3. The first-order chi connectivity index (χ1) is 16.3. The zero-order chi connectivity index (χ0) is 23.9. The summed E-state index contributed by atoms with van der Waals surface area (Å²) in [4.78, 5) is 38.2. The maximum absolute atomic E-state index is 13.5. The normalized spacial score (nSPS) is 29.6. The van der Waals surface area contributed by atoms with Crippen molar-refractivity contribution in [2.45, 2.75) is 101 Å². The molecule has 0 bridgehead atoms. The summed E-state index contributed by atoms with van der Waals surface area (Å²) in [5.74, 6) is -3.41. The molecule has 3 unspecified atom stereocenters. The maximum Gasteiger partial charge on any atom is 0.255 e. The number of rotatable bonds is 5. The predicted molar refractivity (Wildman–Crippen MR) is 122 cm³/mol. The SMILES string of the molecule is O=C1CCC(N2Cc3cc(NC4CCCCC4NC4CCC(F)(F)CC4)ccc3C2=O)C(=O)N1. The molecule has 2 aliphatic carbocycles. The smallest absolute Gasteiger partial charge is 0.255 e. The van der Waals surface area contributed by atoms with E-state index in [1.165, 1.54) is 0 Å². The maximum atomic E-state index is 13.5. The summed E-state index contributed by atoms with van der Waals surface area (Å²) in [5, 5.41) is 9.61.